The van der Waals surface area contributed by atoms with Gasteiger partial charge < -0.3 is 109 Å². The average Bonchev–Trinajstić information content (AvgIpc) is 3.32. The second kappa shape index (κ2) is 22.2. The van der Waals surface area contributed by atoms with Crippen molar-refractivity contribution in [3.05, 3.63) is 83.1 Å². The second-order valence-corrected chi connectivity index (χ2v) is 16.3. The number of phenolic OH excluding ortho intramolecular Hbond substituents is 3. The lowest BCUT2D eigenvalue weighted by Gasteiger charge is -2.45. The van der Waals surface area contributed by atoms with E-state index in [1.807, 2.05) is 0 Å². The number of benzene rings is 3. The molecule has 0 aromatic heterocycles. The Labute approximate surface area is 395 Å². The molecule has 70 heavy (non-hydrogen) atoms. The van der Waals surface area contributed by atoms with Crippen molar-refractivity contribution in [1.29, 1.82) is 0 Å². The Morgan fingerprint density at radius 1 is 0.700 bits per heavy atom. The van der Waals surface area contributed by atoms with Crippen LogP contribution in [0, 0.1) is 0 Å². The van der Waals surface area contributed by atoms with Crippen molar-refractivity contribution in [3.63, 3.8) is 0 Å². The van der Waals surface area contributed by atoms with Crippen LogP contribution < -0.4 is 14.2 Å². The molecule has 4 heterocycles. The second-order valence-electron chi connectivity index (χ2n) is 16.3. The molecule has 3 aromatic rings. The lowest BCUT2D eigenvalue weighted by atomic mass is 9.97. The zero-order chi connectivity index (χ0) is 50.6. The van der Waals surface area contributed by atoms with Gasteiger partial charge in [-0.25, -0.2) is 4.79 Å². The summed E-state index contributed by atoms with van der Waals surface area (Å²) < 4.78 is 57.0. The highest BCUT2D eigenvalue weighted by Crippen LogP contribution is 2.46. The van der Waals surface area contributed by atoms with Gasteiger partial charge in [-0.2, -0.15) is 0 Å². The number of ether oxygens (including phenoxy) is 10. The van der Waals surface area contributed by atoms with Crippen LogP contribution in [0.5, 0.6) is 34.5 Å². The summed E-state index contributed by atoms with van der Waals surface area (Å²) in [5.74, 6) is -4.98. The van der Waals surface area contributed by atoms with Gasteiger partial charge in [0.15, 0.2) is 30.0 Å². The van der Waals surface area contributed by atoms with Crippen LogP contribution in [0.1, 0.15) is 29.2 Å². The monoisotopic (exact) mass is 990 g/mol. The van der Waals surface area contributed by atoms with Gasteiger partial charge in [-0.1, -0.05) is 18.2 Å². The number of rotatable bonds is 16. The Bertz CT molecular complexity index is 2390. The van der Waals surface area contributed by atoms with Crippen LogP contribution in [0.3, 0.4) is 0 Å². The van der Waals surface area contributed by atoms with Crippen molar-refractivity contribution < 1.29 is 123 Å². The number of aliphatic carboxylic acids is 1. The molecule has 0 bridgehead atoms. The summed E-state index contributed by atoms with van der Waals surface area (Å²) in [4.78, 5) is 35.8. The fourth-order valence-corrected chi connectivity index (χ4v) is 7.58. The van der Waals surface area contributed by atoms with Crippen molar-refractivity contribution in [1.82, 2.24) is 0 Å². The number of aliphatic hydroxyl groups excluding tert-OH is 8. The normalized spacial score (nSPS) is 31.9. The highest BCUT2D eigenvalue weighted by molar-refractivity contribution is 5.90. The molecule has 0 saturated carbocycles. The molecule has 3 aromatic carbocycles. The van der Waals surface area contributed by atoms with E-state index in [1.165, 1.54) is 61.7 Å². The van der Waals surface area contributed by atoms with Gasteiger partial charge in [-0.3, -0.25) is 9.59 Å². The van der Waals surface area contributed by atoms with Gasteiger partial charge in [0.2, 0.25) is 12.6 Å². The first-order chi connectivity index (χ1) is 33.3. The van der Waals surface area contributed by atoms with Crippen LogP contribution >= 0.6 is 0 Å². The van der Waals surface area contributed by atoms with E-state index < -0.39 is 142 Å². The lowest BCUT2D eigenvalue weighted by Crippen LogP contribution is -2.63. The summed E-state index contributed by atoms with van der Waals surface area (Å²) in [6, 6.07) is 11.9. The summed E-state index contributed by atoms with van der Waals surface area (Å²) >= 11 is 0. The number of carboxylic acids is 1. The van der Waals surface area contributed by atoms with Gasteiger partial charge in [-0.05, 0) is 42.0 Å². The Morgan fingerprint density at radius 2 is 1.37 bits per heavy atom. The number of esters is 2. The largest absolute Gasteiger partial charge is 0.508 e. The molecule has 4 aliphatic heterocycles. The number of aliphatic hydroxyl groups is 8. The zero-order valence-corrected chi connectivity index (χ0v) is 36.6. The van der Waals surface area contributed by atoms with Gasteiger partial charge in [-0.15, -0.1) is 0 Å². The predicted molar refractivity (Wildman–Crippen MR) is 227 cm³/mol. The topological polar surface area (TPSA) is 386 Å². The third-order valence-electron chi connectivity index (χ3n) is 11.3. The van der Waals surface area contributed by atoms with E-state index in [0.717, 1.165) is 18.2 Å². The first-order valence-corrected chi connectivity index (χ1v) is 21.3. The first-order valence-electron chi connectivity index (χ1n) is 21.3. The molecular weight excluding hydrogens is 940 g/mol. The maximum absolute atomic E-state index is 12.9. The fraction of sp³-hybridized carbons (Fsp3) is 0.444. The Morgan fingerprint density at radius 3 is 2.07 bits per heavy atom. The van der Waals surface area contributed by atoms with E-state index in [0.29, 0.717) is 5.56 Å². The van der Waals surface area contributed by atoms with Crippen molar-refractivity contribution in [2.75, 3.05) is 26.9 Å². The maximum atomic E-state index is 12.9. The quantitative estimate of drug-likeness (QED) is 0.0421. The van der Waals surface area contributed by atoms with Crippen LogP contribution in [0.25, 0.3) is 12.2 Å². The minimum Gasteiger partial charge on any atom is -0.508 e. The number of fused-ring (bicyclic) bond motifs is 1. The van der Waals surface area contributed by atoms with E-state index in [2.05, 4.69) is 0 Å². The van der Waals surface area contributed by atoms with Gasteiger partial charge in [0.25, 0.3) is 0 Å². The fourth-order valence-electron chi connectivity index (χ4n) is 7.58. The molecule has 0 amide bonds. The molecule has 15 unspecified atom stereocenters. The molecule has 3 fully saturated rings. The average molecular weight is 991 g/mol. The smallest absolute Gasteiger partial charge is 0.330 e. The summed E-state index contributed by atoms with van der Waals surface area (Å²) in [5, 5.41) is 126. The molecule has 3 saturated heterocycles. The number of carbonyl (C=O) groups is 3. The van der Waals surface area contributed by atoms with Gasteiger partial charge in [0, 0.05) is 23.8 Å². The minimum absolute atomic E-state index is 0.0656. The van der Waals surface area contributed by atoms with Crippen LogP contribution in [-0.2, 0) is 47.5 Å². The van der Waals surface area contributed by atoms with Crippen LogP contribution in [0.4, 0.5) is 0 Å². The molecule has 12 N–H and O–H groups in total. The number of carboxylic acid groups (broad SMARTS) is 1. The standard InChI is InChI=1S/C45H50O25/c1-61-27-10-18(2-8-23(27)48)3-9-32(52)62-16-30-36(56)38(58)42(70-43-39(59)34(54)24(49)15-64-43)45(69-30)67-28-13-22-25(65-41(28)19-4-6-20(46)7-5-19)11-21(47)12-26(22)66-44-40(60)37(57)35(55)29(68-44)17-63-33(53)14-31(50)51/h2-13,24,29-30,34-49,54-60H,14-17H2,1H3,(H,50,51). The lowest BCUT2D eigenvalue weighted by molar-refractivity contribution is -0.352. The highest BCUT2D eigenvalue weighted by atomic mass is 16.8. The van der Waals surface area contributed by atoms with E-state index in [9.17, 15) is 70.6 Å². The van der Waals surface area contributed by atoms with Crippen molar-refractivity contribution >= 4 is 30.1 Å². The molecule has 15 atom stereocenters. The molecule has 25 heteroatoms. The van der Waals surface area contributed by atoms with Gasteiger partial charge >= 0.3 is 17.9 Å². The summed E-state index contributed by atoms with van der Waals surface area (Å²) in [7, 11) is 1.34. The van der Waals surface area contributed by atoms with Crippen molar-refractivity contribution in [2.45, 2.75) is 98.5 Å². The van der Waals surface area contributed by atoms with Crippen LogP contribution in [0.15, 0.2) is 66.4 Å². The number of methoxy groups -OCH3 is 1. The van der Waals surface area contributed by atoms with Gasteiger partial charge in [0.1, 0.15) is 109 Å². The number of aromatic hydroxyl groups is 3. The third-order valence-corrected chi connectivity index (χ3v) is 11.3. The molecule has 25 nitrogen and oxygen atoms in total. The van der Waals surface area contributed by atoms with Crippen molar-refractivity contribution in [2.24, 2.45) is 0 Å². The zero-order valence-electron chi connectivity index (χ0n) is 36.6. The molecule has 380 valence electrons. The highest BCUT2D eigenvalue weighted by Gasteiger charge is 2.51. The summed E-state index contributed by atoms with van der Waals surface area (Å²) in [6.07, 6.45) is -24.3. The Kier molecular flexibility index (Phi) is 16.3. The minimum atomic E-state index is -2.01. The van der Waals surface area contributed by atoms with Crippen LogP contribution in [0.2, 0.25) is 0 Å². The maximum Gasteiger partial charge on any atom is 0.330 e. The number of hydrogen-bond donors (Lipinski definition) is 12. The van der Waals surface area contributed by atoms with E-state index in [1.54, 1.807) is 0 Å². The molecule has 7 rings (SSSR count). The molecular formula is C45H50O25. The van der Waals surface area contributed by atoms with Crippen molar-refractivity contribution in [3.8, 4) is 34.5 Å². The van der Waals surface area contributed by atoms with Gasteiger partial charge in [0.05, 0.1) is 19.3 Å². The van der Waals surface area contributed by atoms with E-state index in [-0.39, 0.29) is 45.6 Å². The predicted octanol–water partition coefficient (Wildman–Crippen LogP) is -1.96. The molecule has 0 spiro atoms. The first kappa shape index (κ1) is 51.5. The molecule has 0 radical (unpaired) electrons. The number of hydrogen-bond acceptors (Lipinski definition) is 24. The third kappa shape index (κ3) is 11.8. The van der Waals surface area contributed by atoms with E-state index in [4.69, 9.17) is 52.5 Å². The number of phenols is 3. The summed E-state index contributed by atoms with van der Waals surface area (Å²) in [6.45, 7) is -2.05. The van der Waals surface area contributed by atoms with E-state index >= 15 is 0 Å². The van der Waals surface area contributed by atoms with Crippen LogP contribution in [-0.4, -0.2) is 192 Å². The molecule has 0 aliphatic carbocycles. The Hall–Kier alpha value is -6.33. The SMILES string of the molecule is COc1cc(C=CC(=O)OCC2OC(OC3=Cc4c(cc(O)cc4OC4OC(COC(=O)CC(=O)O)C(O)C(O)C4O)OC3c3ccc(O)cc3)C(OC3OCC(O)C(O)C3O)C(O)C2O)ccc1O. The Balaban J connectivity index is 1.20. The molecule has 4 aliphatic rings. The summed E-state index contributed by atoms with van der Waals surface area (Å²) in [5.41, 5.74) is 0.652. The number of carbonyl (C=O) groups excluding carboxylic acids is 2.